The Balaban J connectivity index is 1.53. The number of benzene rings is 1. The summed E-state index contributed by atoms with van der Waals surface area (Å²) in [6, 6.07) is 5.54. The van der Waals surface area contributed by atoms with E-state index in [1.54, 1.807) is 29.2 Å². The number of anilines is 1. The first kappa shape index (κ1) is 24.2. The van der Waals surface area contributed by atoms with E-state index in [2.05, 4.69) is 6.08 Å². The maximum absolute atomic E-state index is 13.6. The minimum absolute atomic E-state index is 0.00202. The summed E-state index contributed by atoms with van der Waals surface area (Å²) in [4.78, 5) is 54.0. The van der Waals surface area contributed by atoms with Crippen LogP contribution < -0.4 is 9.64 Å². The van der Waals surface area contributed by atoms with Crippen LogP contribution in [0.25, 0.3) is 0 Å². The van der Waals surface area contributed by atoms with Gasteiger partial charge in [-0.3, -0.25) is 19.2 Å². The highest BCUT2D eigenvalue weighted by molar-refractivity contribution is 6.23. The summed E-state index contributed by atoms with van der Waals surface area (Å²) in [5.41, 5.74) is 1.77. The Hall–Kier alpha value is -2.96. The Bertz CT molecular complexity index is 962. The van der Waals surface area contributed by atoms with Crippen molar-refractivity contribution < 1.29 is 23.9 Å². The lowest BCUT2D eigenvalue weighted by Gasteiger charge is -2.33. The molecule has 0 spiro atoms. The molecule has 4 rings (SSSR count). The van der Waals surface area contributed by atoms with E-state index in [-0.39, 0.29) is 30.1 Å². The molecule has 1 heterocycles. The molecule has 2 aliphatic carbocycles. The first-order chi connectivity index (χ1) is 16.4. The average Bonchev–Trinajstić information content (AvgIpc) is 3.14. The lowest BCUT2D eigenvalue weighted by molar-refractivity contribution is -0.142. The van der Waals surface area contributed by atoms with Crippen molar-refractivity contribution in [2.45, 2.75) is 83.6 Å². The predicted molar refractivity (Wildman–Crippen MR) is 128 cm³/mol. The third-order valence-corrected chi connectivity index (χ3v) is 7.15. The second-order valence-corrected chi connectivity index (χ2v) is 9.60. The second-order valence-electron chi connectivity index (χ2n) is 9.60. The number of carbonyl (C=O) groups is 4. The molecule has 7 nitrogen and oxygen atoms in total. The molecule has 3 aliphatic rings. The maximum atomic E-state index is 13.6. The van der Waals surface area contributed by atoms with Gasteiger partial charge in [-0.25, -0.2) is 4.90 Å². The molecule has 0 radical (unpaired) electrons. The van der Waals surface area contributed by atoms with Crippen LogP contribution in [0.15, 0.2) is 35.9 Å². The van der Waals surface area contributed by atoms with Crippen LogP contribution in [-0.4, -0.2) is 41.2 Å². The number of nitrogens with zero attached hydrogens (tertiary/aromatic N) is 2. The van der Waals surface area contributed by atoms with Gasteiger partial charge in [0.05, 0.1) is 12.1 Å². The molecule has 1 unspecified atom stereocenters. The van der Waals surface area contributed by atoms with Gasteiger partial charge in [0.15, 0.2) is 0 Å². The lowest BCUT2D eigenvalue weighted by Crippen LogP contribution is -2.48. The van der Waals surface area contributed by atoms with Crippen molar-refractivity contribution in [3.8, 4) is 5.75 Å². The summed E-state index contributed by atoms with van der Waals surface area (Å²) in [6.07, 6.45) is 12.4. The van der Waals surface area contributed by atoms with Crippen molar-refractivity contribution in [2.24, 2.45) is 5.92 Å². The summed E-state index contributed by atoms with van der Waals surface area (Å²) >= 11 is 0. The van der Waals surface area contributed by atoms with Crippen LogP contribution >= 0.6 is 0 Å². The van der Waals surface area contributed by atoms with E-state index in [4.69, 9.17) is 4.74 Å². The molecule has 1 saturated heterocycles. The smallest absolute Gasteiger partial charge is 0.308 e. The fourth-order valence-electron chi connectivity index (χ4n) is 5.36. The van der Waals surface area contributed by atoms with Gasteiger partial charge >= 0.3 is 5.97 Å². The molecular formula is C27H34N2O5. The van der Waals surface area contributed by atoms with Gasteiger partial charge in [-0.2, -0.15) is 0 Å². The van der Waals surface area contributed by atoms with Crippen LogP contribution in [0.5, 0.6) is 5.75 Å². The molecule has 0 bridgehead atoms. The largest absolute Gasteiger partial charge is 0.427 e. The van der Waals surface area contributed by atoms with E-state index in [9.17, 15) is 19.2 Å². The molecule has 0 N–H and O–H groups in total. The van der Waals surface area contributed by atoms with Crippen LogP contribution in [0.4, 0.5) is 5.69 Å². The number of imide groups is 1. The molecule has 1 aromatic carbocycles. The Kier molecular flexibility index (Phi) is 7.80. The maximum Gasteiger partial charge on any atom is 0.308 e. The molecule has 2 fully saturated rings. The Labute approximate surface area is 201 Å². The summed E-state index contributed by atoms with van der Waals surface area (Å²) in [5, 5.41) is 0. The topological polar surface area (TPSA) is 84.0 Å². The minimum Gasteiger partial charge on any atom is -0.427 e. The van der Waals surface area contributed by atoms with Crippen molar-refractivity contribution in [1.29, 1.82) is 0 Å². The van der Waals surface area contributed by atoms with Gasteiger partial charge in [0, 0.05) is 19.4 Å². The number of allylic oxidation sites excluding steroid dienone is 1. The van der Waals surface area contributed by atoms with E-state index in [1.807, 2.05) is 0 Å². The highest BCUT2D eigenvalue weighted by Crippen LogP contribution is 2.32. The van der Waals surface area contributed by atoms with Crippen molar-refractivity contribution in [1.82, 2.24) is 4.90 Å². The third kappa shape index (κ3) is 5.57. The first-order valence-electron chi connectivity index (χ1n) is 12.6. The number of amides is 3. The molecule has 3 amide bonds. The van der Waals surface area contributed by atoms with Crippen molar-refractivity contribution >= 4 is 29.4 Å². The van der Waals surface area contributed by atoms with E-state index in [0.29, 0.717) is 18.0 Å². The zero-order chi connectivity index (χ0) is 24.1. The molecule has 182 valence electrons. The summed E-state index contributed by atoms with van der Waals surface area (Å²) in [6.45, 7) is 1.79. The van der Waals surface area contributed by atoms with Gasteiger partial charge in [-0.05, 0) is 69.2 Å². The quantitative estimate of drug-likeness (QED) is 0.255. The van der Waals surface area contributed by atoms with Gasteiger partial charge in [0.2, 0.25) is 11.8 Å². The van der Waals surface area contributed by atoms with Gasteiger partial charge in [0.1, 0.15) is 11.8 Å². The second kappa shape index (κ2) is 11.0. The van der Waals surface area contributed by atoms with Gasteiger partial charge in [-0.1, -0.05) is 30.9 Å². The van der Waals surface area contributed by atoms with Gasteiger partial charge in [-0.15, -0.1) is 0 Å². The van der Waals surface area contributed by atoms with Gasteiger partial charge < -0.3 is 9.64 Å². The van der Waals surface area contributed by atoms with Crippen LogP contribution in [0, 0.1) is 5.92 Å². The molecule has 0 aromatic heterocycles. The number of carbonyl (C=O) groups excluding carboxylic acids is 4. The fraction of sp³-hybridized carbons (Fsp3) is 0.556. The van der Waals surface area contributed by atoms with Gasteiger partial charge in [0.25, 0.3) is 5.91 Å². The van der Waals surface area contributed by atoms with Crippen LogP contribution in [-0.2, 0) is 19.2 Å². The van der Waals surface area contributed by atoms with Crippen LogP contribution in [0.2, 0.25) is 0 Å². The summed E-state index contributed by atoms with van der Waals surface area (Å²) in [7, 11) is 0. The lowest BCUT2D eigenvalue weighted by atomic mass is 9.87. The highest BCUT2D eigenvalue weighted by Gasteiger charge is 2.45. The molecule has 7 heteroatoms. The third-order valence-electron chi connectivity index (χ3n) is 7.15. The average molecular weight is 467 g/mol. The highest BCUT2D eigenvalue weighted by atomic mass is 16.5. The zero-order valence-electron chi connectivity index (χ0n) is 20.0. The monoisotopic (exact) mass is 466 g/mol. The standard InChI is InChI=1S/C27H34N2O5/c1-19(30)34-23-14-12-22(13-15-23)29-25(31)18-24(27(29)33)28(17-16-20-8-4-2-5-9-20)26(32)21-10-6-3-7-11-21/h8,12-15,21,24H,2-7,9-11,16-18H2,1H3. The molecular weight excluding hydrogens is 432 g/mol. The van der Waals surface area contributed by atoms with Crippen LogP contribution in [0.3, 0.4) is 0 Å². The van der Waals surface area contributed by atoms with Crippen molar-refractivity contribution in [3.05, 3.63) is 35.9 Å². The molecule has 1 aliphatic heterocycles. The molecule has 1 atom stereocenters. The van der Waals surface area contributed by atoms with Crippen molar-refractivity contribution in [2.75, 3.05) is 11.4 Å². The molecule has 1 aromatic rings. The number of hydrogen-bond acceptors (Lipinski definition) is 5. The molecule has 1 saturated carbocycles. The first-order valence-corrected chi connectivity index (χ1v) is 12.6. The summed E-state index contributed by atoms with van der Waals surface area (Å²) in [5.74, 6) is -0.795. The predicted octanol–water partition coefficient (Wildman–Crippen LogP) is 4.54. The number of hydrogen-bond donors (Lipinski definition) is 0. The Morgan fingerprint density at radius 3 is 2.41 bits per heavy atom. The summed E-state index contributed by atoms with van der Waals surface area (Å²) < 4.78 is 5.05. The van der Waals surface area contributed by atoms with Crippen molar-refractivity contribution in [3.63, 3.8) is 0 Å². The fourth-order valence-corrected chi connectivity index (χ4v) is 5.36. The van der Waals surface area contributed by atoms with E-state index >= 15 is 0 Å². The normalized spacial score (nSPS) is 21.4. The molecule has 34 heavy (non-hydrogen) atoms. The number of rotatable bonds is 7. The Morgan fingerprint density at radius 2 is 1.76 bits per heavy atom. The van der Waals surface area contributed by atoms with E-state index < -0.39 is 12.0 Å². The minimum atomic E-state index is -0.765. The zero-order valence-corrected chi connectivity index (χ0v) is 20.0. The Morgan fingerprint density at radius 1 is 1.03 bits per heavy atom. The van der Waals surface area contributed by atoms with E-state index in [1.165, 1.54) is 30.2 Å². The van der Waals surface area contributed by atoms with Crippen LogP contribution in [0.1, 0.15) is 77.6 Å². The number of ether oxygens (including phenoxy) is 1. The van der Waals surface area contributed by atoms with E-state index in [0.717, 1.165) is 51.4 Å². The SMILES string of the molecule is CC(=O)Oc1ccc(N2C(=O)CC(N(CCC3=CCCCC3)C(=O)C3CCCCC3)C2=O)cc1. The number of esters is 1.